The molecule has 2 atom stereocenters. The lowest BCUT2D eigenvalue weighted by Gasteiger charge is -2.29. The highest BCUT2D eigenvalue weighted by Gasteiger charge is 2.29. The SMILES string of the molecule is COCCOCO[C@@H](C)/C=C\[C@@H](NS(=O)(=O)c1c(C)cc(C)cc1C)C(C)(C)C. The van der Waals surface area contributed by atoms with Gasteiger partial charge in [-0.2, -0.15) is 0 Å². The van der Waals surface area contributed by atoms with Gasteiger partial charge in [-0.1, -0.05) is 50.6 Å². The third kappa shape index (κ3) is 8.56. The average Bonchev–Trinajstić information content (AvgIpc) is 2.56. The minimum Gasteiger partial charge on any atom is -0.382 e. The number of hydrogen-bond donors (Lipinski definition) is 1. The van der Waals surface area contributed by atoms with Crippen LogP contribution in [0.3, 0.4) is 0 Å². The van der Waals surface area contributed by atoms with Gasteiger partial charge >= 0.3 is 0 Å². The number of hydrogen-bond acceptors (Lipinski definition) is 5. The summed E-state index contributed by atoms with van der Waals surface area (Å²) in [7, 11) is -2.06. The number of ether oxygens (including phenoxy) is 3. The molecule has 1 rings (SSSR count). The van der Waals surface area contributed by atoms with Gasteiger partial charge in [0.05, 0.1) is 24.2 Å². The molecule has 0 aliphatic heterocycles. The first-order valence-electron chi connectivity index (χ1n) is 9.85. The molecule has 1 aromatic rings. The van der Waals surface area contributed by atoms with Crippen LogP contribution < -0.4 is 4.72 Å². The first-order valence-corrected chi connectivity index (χ1v) is 11.3. The number of rotatable bonds is 11. The van der Waals surface area contributed by atoms with E-state index in [0.29, 0.717) is 18.1 Å². The van der Waals surface area contributed by atoms with Gasteiger partial charge in [-0.05, 0) is 44.2 Å². The largest absolute Gasteiger partial charge is 0.382 e. The molecule has 29 heavy (non-hydrogen) atoms. The maximum atomic E-state index is 13.2. The summed E-state index contributed by atoms with van der Waals surface area (Å²) in [5.41, 5.74) is 2.23. The second-order valence-corrected chi connectivity index (χ2v) is 10.1. The molecule has 0 saturated carbocycles. The smallest absolute Gasteiger partial charge is 0.241 e. The van der Waals surface area contributed by atoms with Crippen LogP contribution in [0.25, 0.3) is 0 Å². The number of aryl methyl sites for hydroxylation is 3. The van der Waals surface area contributed by atoms with Crippen molar-refractivity contribution < 1.29 is 22.6 Å². The second kappa shape index (κ2) is 11.2. The fourth-order valence-corrected chi connectivity index (χ4v) is 4.85. The Kier molecular flexibility index (Phi) is 9.98. The lowest BCUT2D eigenvalue weighted by Crippen LogP contribution is -2.42. The van der Waals surface area contributed by atoms with Gasteiger partial charge in [0, 0.05) is 13.2 Å². The first-order chi connectivity index (χ1) is 13.4. The van der Waals surface area contributed by atoms with E-state index in [2.05, 4.69) is 4.72 Å². The molecule has 1 N–H and O–H groups in total. The summed E-state index contributed by atoms with van der Waals surface area (Å²) in [5, 5.41) is 0. The van der Waals surface area contributed by atoms with E-state index >= 15 is 0 Å². The first kappa shape index (κ1) is 25.8. The number of sulfonamides is 1. The third-order valence-electron chi connectivity index (χ3n) is 4.51. The van der Waals surface area contributed by atoms with Crippen LogP contribution in [0.5, 0.6) is 0 Å². The summed E-state index contributed by atoms with van der Waals surface area (Å²) >= 11 is 0. The van der Waals surface area contributed by atoms with Crippen molar-refractivity contribution in [1.29, 1.82) is 0 Å². The highest BCUT2D eigenvalue weighted by Crippen LogP contribution is 2.26. The summed E-state index contributed by atoms with van der Waals surface area (Å²) in [6.45, 7) is 14.6. The molecule has 7 heteroatoms. The molecule has 0 bridgehead atoms. The minimum atomic E-state index is -3.68. The van der Waals surface area contributed by atoms with E-state index in [1.54, 1.807) is 7.11 Å². The topological polar surface area (TPSA) is 73.9 Å². The summed E-state index contributed by atoms with van der Waals surface area (Å²) < 4.78 is 45.0. The van der Waals surface area contributed by atoms with Crippen molar-refractivity contribution in [2.24, 2.45) is 5.41 Å². The van der Waals surface area contributed by atoms with Gasteiger partial charge in [-0.25, -0.2) is 13.1 Å². The van der Waals surface area contributed by atoms with Crippen molar-refractivity contribution in [2.75, 3.05) is 27.1 Å². The van der Waals surface area contributed by atoms with Crippen molar-refractivity contribution in [3.8, 4) is 0 Å². The van der Waals surface area contributed by atoms with Crippen LogP contribution in [0, 0.1) is 26.2 Å². The highest BCUT2D eigenvalue weighted by molar-refractivity contribution is 7.89. The molecule has 0 radical (unpaired) electrons. The molecule has 0 spiro atoms. The van der Waals surface area contributed by atoms with Crippen LogP contribution in [0.15, 0.2) is 29.2 Å². The molecule has 0 amide bonds. The quantitative estimate of drug-likeness (QED) is 0.329. The zero-order chi connectivity index (χ0) is 22.2. The Bertz CT molecular complexity index is 758. The van der Waals surface area contributed by atoms with Gasteiger partial charge in [0.1, 0.15) is 6.79 Å². The molecular formula is C22H37NO5S. The zero-order valence-electron chi connectivity index (χ0n) is 19.0. The Hall–Kier alpha value is -1.25. The number of methoxy groups -OCH3 is 1. The summed E-state index contributed by atoms with van der Waals surface area (Å²) in [5.74, 6) is 0. The van der Waals surface area contributed by atoms with Crippen LogP contribution in [0.2, 0.25) is 0 Å². The van der Waals surface area contributed by atoms with E-state index in [-0.39, 0.29) is 18.3 Å². The van der Waals surface area contributed by atoms with Gasteiger partial charge in [0.25, 0.3) is 0 Å². The molecule has 0 aromatic heterocycles. The molecule has 1 aromatic carbocycles. The fraction of sp³-hybridized carbons (Fsp3) is 0.636. The molecule has 0 saturated heterocycles. The van der Waals surface area contributed by atoms with Crippen LogP contribution in [0.1, 0.15) is 44.4 Å². The third-order valence-corrected chi connectivity index (χ3v) is 6.25. The van der Waals surface area contributed by atoms with E-state index < -0.39 is 16.1 Å². The highest BCUT2D eigenvalue weighted by atomic mass is 32.2. The predicted octanol–water partition coefficient (Wildman–Crippen LogP) is 3.89. The molecular weight excluding hydrogens is 390 g/mol. The maximum absolute atomic E-state index is 13.2. The average molecular weight is 428 g/mol. The Morgan fingerprint density at radius 1 is 1.07 bits per heavy atom. The van der Waals surface area contributed by atoms with Crippen molar-refractivity contribution in [3.63, 3.8) is 0 Å². The zero-order valence-corrected chi connectivity index (χ0v) is 19.9. The molecule has 0 heterocycles. The van der Waals surface area contributed by atoms with E-state index in [9.17, 15) is 8.42 Å². The van der Waals surface area contributed by atoms with Gasteiger partial charge in [-0.3, -0.25) is 0 Å². The van der Waals surface area contributed by atoms with Crippen molar-refractivity contribution in [2.45, 2.75) is 65.5 Å². The Balaban J connectivity index is 2.92. The van der Waals surface area contributed by atoms with E-state index in [1.165, 1.54) is 0 Å². The molecule has 0 aliphatic carbocycles. The number of benzene rings is 1. The lowest BCUT2D eigenvalue weighted by atomic mass is 9.87. The summed E-state index contributed by atoms with van der Waals surface area (Å²) in [4.78, 5) is 0.349. The van der Waals surface area contributed by atoms with Crippen LogP contribution in [0.4, 0.5) is 0 Å². The molecule has 0 fully saturated rings. The van der Waals surface area contributed by atoms with Crippen LogP contribution in [-0.2, 0) is 24.2 Å². The molecule has 0 aliphatic rings. The van der Waals surface area contributed by atoms with Crippen molar-refractivity contribution >= 4 is 10.0 Å². The van der Waals surface area contributed by atoms with Gasteiger partial charge in [-0.15, -0.1) is 0 Å². The van der Waals surface area contributed by atoms with E-state index in [4.69, 9.17) is 14.2 Å². The second-order valence-electron chi connectivity index (χ2n) is 8.47. The van der Waals surface area contributed by atoms with E-state index in [1.807, 2.05) is 72.8 Å². The van der Waals surface area contributed by atoms with Crippen molar-refractivity contribution in [3.05, 3.63) is 41.0 Å². The lowest BCUT2D eigenvalue weighted by molar-refractivity contribution is -0.0804. The summed E-state index contributed by atoms with van der Waals surface area (Å²) in [6.07, 6.45) is 3.50. The Labute approximate surface area is 176 Å². The molecule has 0 unspecified atom stereocenters. The molecule has 166 valence electrons. The Morgan fingerprint density at radius 2 is 1.66 bits per heavy atom. The van der Waals surface area contributed by atoms with Gasteiger partial charge < -0.3 is 14.2 Å². The predicted molar refractivity (Wildman–Crippen MR) is 117 cm³/mol. The maximum Gasteiger partial charge on any atom is 0.241 e. The fourth-order valence-electron chi connectivity index (χ4n) is 3.00. The van der Waals surface area contributed by atoms with Gasteiger partial charge in [0.2, 0.25) is 10.0 Å². The Morgan fingerprint density at radius 3 is 2.17 bits per heavy atom. The monoisotopic (exact) mass is 427 g/mol. The number of nitrogens with one attached hydrogen (secondary N) is 1. The van der Waals surface area contributed by atoms with Crippen molar-refractivity contribution in [1.82, 2.24) is 4.72 Å². The van der Waals surface area contributed by atoms with E-state index in [0.717, 1.165) is 16.7 Å². The standard InChI is InChI=1S/C22H37NO5S/c1-16-13-17(2)21(18(3)14-16)29(24,25)23-20(22(5,6)7)10-9-19(4)28-15-27-12-11-26-8/h9-10,13-14,19-20,23H,11-12,15H2,1-8H3/b10-9-/t19-,20+/m0/s1. The van der Waals surface area contributed by atoms with Crippen LogP contribution >= 0.6 is 0 Å². The van der Waals surface area contributed by atoms with Gasteiger partial charge in [0.15, 0.2) is 0 Å². The minimum absolute atomic E-state index is 0.155. The molecule has 6 nitrogen and oxygen atoms in total. The van der Waals surface area contributed by atoms with Crippen LogP contribution in [-0.4, -0.2) is 47.7 Å². The summed E-state index contributed by atoms with van der Waals surface area (Å²) in [6, 6.07) is 3.39. The normalized spacial score (nSPS) is 15.0.